The number of carbonyl (C=O) groups is 2. The highest BCUT2D eigenvalue weighted by molar-refractivity contribution is 5.94. The maximum absolute atomic E-state index is 13.3. The normalized spacial score (nSPS) is 26.8. The summed E-state index contributed by atoms with van der Waals surface area (Å²) in [5, 5.41) is 26.1. The van der Waals surface area contributed by atoms with E-state index in [2.05, 4.69) is 5.32 Å². The predicted molar refractivity (Wildman–Crippen MR) is 244 cm³/mol. The summed E-state index contributed by atoms with van der Waals surface area (Å²) in [5.74, 6) is -4.75. The van der Waals surface area contributed by atoms with E-state index in [-0.39, 0.29) is 61.1 Å². The number of methoxy groups -OCH3 is 2. The van der Waals surface area contributed by atoms with Crippen LogP contribution in [0.2, 0.25) is 0 Å². The summed E-state index contributed by atoms with van der Waals surface area (Å²) >= 11 is 0. The lowest BCUT2D eigenvalue weighted by Crippen LogP contribution is -2.50. The number of benzene rings is 4. The van der Waals surface area contributed by atoms with Crippen molar-refractivity contribution < 1.29 is 82.6 Å². The summed E-state index contributed by atoms with van der Waals surface area (Å²) in [4.78, 5) is 29.9. The summed E-state index contributed by atoms with van der Waals surface area (Å²) in [5.41, 5.74) is -2.83. The maximum atomic E-state index is 13.3. The first-order valence-corrected chi connectivity index (χ1v) is 18.6. The molecule has 14 heteroatoms. The highest BCUT2D eigenvalue weighted by atomic mass is 16.5. The number of rotatable bonds is 18. The number of hydrogen-bond acceptors (Lipinski definition) is 12. The molecule has 0 radical (unpaired) electrons. The number of ether oxygens (including phenoxy) is 4. The van der Waals surface area contributed by atoms with Crippen LogP contribution in [0.15, 0.2) is 84.8 Å². The van der Waals surface area contributed by atoms with Gasteiger partial charge >= 0.3 is 0 Å². The van der Waals surface area contributed by atoms with Crippen LogP contribution in [0.3, 0.4) is 0 Å². The second kappa shape index (κ2) is 24.4. The Balaban J connectivity index is 0.000000343. The molecule has 6 rings (SSSR count). The monoisotopic (exact) mass is 887 g/mol. The summed E-state index contributed by atoms with van der Waals surface area (Å²) in [6.45, 7) is -26.2. The van der Waals surface area contributed by atoms with Crippen LogP contribution in [0.25, 0.3) is 0 Å². The molecule has 2 aliphatic heterocycles. The molecule has 4 aromatic rings. The topological polar surface area (TPSA) is 149 Å². The minimum Gasteiger partial charge on any atom is -0.493 e. The number of β-amino-alcohol motifs (C(OH)–C–C–N with tert-alkyl or cyclic N) is 2. The number of nitrogens with one attached hydrogen (secondary N) is 2. The minimum absolute atomic E-state index is 0.0344. The van der Waals surface area contributed by atoms with E-state index < -0.39 is 175 Å². The van der Waals surface area contributed by atoms with E-state index in [1.807, 2.05) is 5.32 Å². The van der Waals surface area contributed by atoms with Gasteiger partial charge in [0.1, 0.15) is 25.3 Å². The number of anilines is 2. The maximum Gasteiger partial charge on any atom is 0.238 e. The first kappa shape index (κ1) is 20.5. The summed E-state index contributed by atoms with van der Waals surface area (Å²) < 4.78 is 275. The molecular formula is C48H66N6O8. The van der Waals surface area contributed by atoms with Crippen LogP contribution >= 0.6 is 0 Å². The molecule has 4 aromatic carbocycles. The lowest BCUT2D eigenvalue weighted by molar-refractivity contribution is -0.118. The fourth-order valence-corrected chi connectivity index (χ4v) is 5.56. The first-order valence-electron chi connectivity index (χ1n) is 34.6. The fraction of sp³-hybridized carbons (Fsp3) is 0.458. The molecule has 2 unspecified atom stereocenters. The molecule has 0 spiro atoms. The lowest BCUT2D eigenvalue weighted by Gasteiger charge is -2.35. The predicted octanol–water partition coefficient (Wildman–Crippen LogP) is 4.62. The summed E-state index contributed by atoms with van der Waals surface area (Å²) in [6.07, 6.45) is -7.36. The average molecular weight is 887 g/mol. The van der Waals surface area contributed by atoms with Crippen molar-refractivity contribution in [3.63, 3.8) is 0 Å². The lowest BCUT2D eigenvalue weighted by atomic mass is 10.1. The molecule has 2 fully saturated rings. The Kier molecular flexibility index (Phi) is 8.09. The third-order valence-electron chi connectivity index (χ3n) is 8.64. The van der Waals surface area contributed by atoms with E-state index in [4.69, 9.17) is 62.8 Å². The van der Waals surface area contributed by atoms with Crippen LogP contribution in [0.5, 0.6) is 23.0 Å². The fourth-order valence-electron chi connectivity index (χ4n) is 5.56. The molecule has 2 heterocycles. The van der Waals surface area contributed by atoms with Gasteiger partial charge in [0.15, 0.2) is 23.0 Å². The summed E-state index contributed by atoms with van der Waals surface area (Å²) in [6, 6.07) is 5.73. The van der Waals surface area contributed by atoms with E-state index >= 15 is 0 Å². The molecule has 0 bridgehead atoms. The van der Waals surface area contributed by atoms with Gasteiger partial charge in [-0.3, -0.25) is 29.2 Å². The van der Waals surface area contributed by atoms with Crippen LogP contribution in [-0.2, 0) is 9.59 Å². The SMILES string of the molecule is [2H]c1c([2H])c(C([2H])([2H])[2H])c(NC(=O)C([2H])([2H])N2CCN(C([2H])([2H])C([2H])(O)C([2H])([2H])Oc3ccccc3OC([2H])([2H])[2H])CC2)c(C([2H])([2H])[2H])c1[2H].[2H]c1c([2H])c(C)c(NC(=O)C([2H])([2H])N2CCN(C([2H])([2H])C([2H])(O)C([2H])([2H])Oc3ccccc3OC([2H])([2H])[2H])CC2)c(C)c1[2H]. The van der Waals surface area contributed by atoms with Crippen LogP contribution in [-0.4, -0.2) is 159 Å². The van der Waals surface area contributed by atoms with Gasteiger partial charge in [-0.25, -0.2) is 0 Å². The molecule has 4 N–H and O–H groups in total. The van der Waals surface area contributed by atoms with Crippen molar-refractivity contribution in [3.05, 3.63) is 107 Å². The quantitative estimate of drug-likeness (QED) is 0.111. The van der Waals surface area contributed by atoms with Crippen LogP contribution in [0.1, 0.15) is 66.1 Å². The highest BCUT2D eigenvalue weighted by Crippen LogP contribution is 2.27. The van der Waals surface area contributed by atoms with Gasteiger partial charge in [-0.05, 0) is 74.1 Å². The third-order valence-corrected chi connectivity index (χ3v) is 8.64. The van der Waals surface area contributed by atoms with Gasteiger partial charge < -0.3 is 39.8 Å². The molecule has 2 saturated heterocycles. The van der Waals surface area contributed by atoms with Gasteiger partial charge in [-0.2, -0.15) is 0 Å². The molecule has 2 amide bonds. The van der Waals surface area contributed by atoms with Crippen LogP contribution in [0.4, 0.5) is 11.4 Å². The first-order chi connectivity index (χ1) is 42.3. The number of para-hydroxylation sites is 6. The Morgan fingerprint density at radius 3 is 1.37 bits per heavy atom. The van der Waals surface area contributed by atoms with E-state index in [0.29, 0.717) is 0 Å². The van der Waals surface area contributed by atoms with Gasteiger partial charge in [0.2, 0.25) is 11.8 Å². The van der Waals surface area contributed by atoms with E-state index in [9.17, 15) is 19.8 Å². The number of amides is 2. The van der Waals surface area contributed by atoms with Crippen LogP contribution < -0.4 is 29.6 Å². The molecular weight excluding hydrogens is 789 g/mol. The third kappa shape index (κ3) is 15.0. The number of hydrogen-bond donors (Lipinski definition) is 4. The van der Waals surface area contributed by atoms with Gasteiger partial charge in [0.25, 0.3) is 0 Å². The molecule has 14 nitrogen and oxygen atoms in total. The van der Waals surface area contributed by atoms with Crippen molar-refractivity contribution in [2.75, 3.05) is 116 Å². The zero-order valence-electron chi connectivity index (χ0n) is 65.4. The zero-order valence-corrected chi connectivity index (χ0v) is 33.4. The van der Waals surface area contributed by atoms with E-state index in [1.54, 1.807) is 0 Å². The smallest absolute Gasteiger partial charge is 0.238 e. The van der Waals surface area contributed by atoms with Gasteiger partial charge in [0, 0.05) is 90.4 Å². The van der Waals surface area contributed by atoms with Crippen molar-refractivity contribution in [2.24, 2.45) is 0 Å². The van der Waals surface area contributed by atoms with Gasteiger partial charge in [0.05, 0.1) is 57.2 Å². The number of piperazine rings is 2. The summed E-state index contributed by atoms with van der Waals surface area (Å²) in [7, 11) is -5.92. The second-order valence-electron chi connectivity index (χ2n) is 13.0. The largest absolute Gasteiger partial charge is 0.493 e. The Labute approximate surface area is 412 Å². The van der Waals surface area contributed by atoms with Gasteiger partial charge in [-0.1, -0.05) is 60.5 Å². The highest BCUT2D eigenvalue weighted by Gasteiger charge is 2.23. The zero-order chi connectivity index (χ0) is 72.3. The molecule has 0 aromatic heterocycles. The molecule has 2 atom stereocenters. The number of nitrogens with zero attached hydrogens (tertiary/aromatic N) is 4. The van der Waals surface area contributed by atoms with Crippen molar-refractivity contribution in [2.45, 2.75) is 39.7 Å². The van der Waals surface area contributed by atoms with E-state index in [0.717, 1.165) is 43.9 Å². The molecule has 0 aliphatic carbocycles. The van der Waals surface area contributed by atoms with E-state index in [1.165, 1.54) is 38.1 Å². The Morgan fingerprint density at radius 1 is 0.629 bits per heavy atom. The van der Waals surface area contributed by atoms with Crippen molar-refractivity contribution in [1.29, 1.82) is 0 Å². The van der Waals surface area contributed by atoms with Gasteiger partial charge in [-0.15, -0.1) is 0 Å². The Bertz CT molecular complexity index is 3350. The molecule has 0 saturated carbocycles. The average Bonchev–Trinajstić information content (AvgIpc) is 0.756. The second-order valence-corrected chi connectivity index (χ2v) is 13.0. The number of carbonyl (C=O) groups excluding carboxylic acids is 2. The Morgan fingerprint density at radius 2 is 0.984 bits per heavy atom. The molecule has 2 aliphatic rings. The standard InChI is InChI=1S/2C24H33N3O4/c2*1-18-7-6-8-19(2)24(18)25-23(29)16-27-13-11-26(12-14-27)15-20(28)17-31-22-10-5-4-9-21(22)30-3/h2*4-10,20,28H,11-17H2,1-3H3,(H,25,29)/i1D3,2D3,3D3,6D,7D,8D,15D2,16D2,17D2,20D;3D3,6D,7D,8D,15D2,16D2,17D2,20D. The van der Waals surface area contributed by atoms with Crippen LogP contribution in [0, 0.1) is 27.6 Å². The number of aliphatic hydroxyl groups is 2. The molecule has 336 valence electrons. The van der Waals surface area contributed by atoms with Crippen molar-refractivity contribution in [3.8, 4) is 23.0 Å². The van der Waals surface area contributed by atoms with Crippen molar-refractivity contribution in [1.82, 2.24) is 19.6 Å². The minimum atomic E-state index is -3.74. The molecule has 62 heavy (non-hydrogen) atoms. The van der Waals surface area contributed by atoms with Crippen molar-refractivity contribution >= 4 is 23.2 Å². The Hall–Kier alpha value is -5.22.